The van der Waals surface area contributed by atoms with Gasteiger partial charge in [0.2, 0.25) is 0 Å². The lowest BCUT2D eigenvalue weighted by atomic mass is 9.68. The second-order valence-electron chi connectivity index (χ2n) is 19.9. The molecule has 76 heavy (non-hydrogen) atoms. The van der Waals surface area contributed by atoms with Crippen molar-refractivity contribution in [2.24, 2.45) is 0 Å². The summed E-state index contributed by atoms with van der Waals surface area (Å²) in [6.45, 7) is 0. The number of fused-ring (bicyclic) bond motifs is 6. The normalized spacial score (nSPS) is 12.3. The highest BCUT2D eigenvalue weighted by atomic mass is 15.1. The van der Waals surface area contributed by atoms with Crippen molar-refractivity contribution in [2.75, 3.05) is 4.90 Å². The Labute approximate surface area is 444 Å². The molecule has 1 nitrogen and oxygen atoms in total. The molecule has 13 aromatic rings. The van der Waals surface area contributed by atoms with E-state index in [0.29, 0.717) is 0 Å². The lowest BCUT2D eigenvalue weighted by molar-refractivity contribution is 0.768. The van der Waals surface area contributed by atoms with Gasteiger partial charge in [-0.2, -0.15) is 0 Å². The third kappa shape index (κ3) is 7.47. The average molecular weight is 966 g/mol. The van der Waals surface area contributed by atoms with Crippen LogP contribution in [-0.2, 0) is 5.41 Å². The lowest BCUT2D eigenvalue weighted by Gasteiger charge is -2.34. The summed E-state index contributed by atoms with van der Waals surface area (Å²) in [5.41, 5.74) is 22.0. The third-order valence-corrected chi connectivity index (χ3v) is 15.7. The maximum Gasteiger partial charge on any atom is 0.0714 e. The molecule has 0 radical (unpaired) electrons. The van der Waals surface area contributed by atoms with E-state index in [4.69, 9.17) is 0 Å². The molecular weight excluding hydrogens is 915 g/mol. The van der Waals surface area contributed by atoms with Crippen LogP contribution in [-0.4, -0.2) is 0 Å². The van der Waals surface area contributed by atoms with E-state index in [1.54, 1.807) is 0 Å². The van der Waals surface area contributed by atoms with Gasteiger partial charge in [-0.15, -0.1) is 0 Å². The van der Waals surface area contributed by atoms with Crippen molar-refractivity contribution in [3.05, 3.63) is 332 Å². The minimum Gasteiger partial charge on any atom is -0.310 e. The van der Waals surface area contributed by atoms with Crippen molar-refractivity contribution in [3.63, 3.8) is 0 Å². The molecule has 0 aliphatic heterocycles. The lowest BCUT2D eigenvalue weighted by Crippen LogP contribution is -2.28. The Morgan fingerprint density at radius 1 is 0.224 bits per heavy atom. The molecule has 14 rings (SSSR count). The quantitative estimate of drug-likeness (QED) is 0.123. The number of nitrogens with zero attached hydrogens (tertiary/aromatic N) is 1. The largest absolute Gasteiger partial charge is 0.310 e. The van der Waals surface area contributed by atoms with Gasteiger partial charge in [0.15, 0.2) is 0 Å². The van der Waals surface area contributed by atoms with E-state index in [-0.39, 0.29) is 0 Å². The topological polar surface area (TPSA) is 3.24 Å². The van der Waals surface area contributed by atoms with Gasteiger partial charge in [0, 0.05) is 16.9 Å². The molecule has 13 aromatic carbocycles. The zero-order valence-electron chi connectivity index (χ0n) is 41.9. The summed E-state index contributed by atoms with van der Waals surface area (Å²) in [6, 6.07) is 114. The first-order valence-electron chi connectivity index (χ1n) is 26.3. The standard InChI is InChI=1S/C75H51N/c1-7-25-52(26-8-1)58-47-59(53-27-9-2-10-28-53)50-63(49-58)76(71-44-24-43-70-74(71)67-41-21-22-42-69(67)75(70,60-34-15-5-16-35-60)61-36-17-6-18-37-61)62-38-23-33-56(48-62)57-45-46-65-64-39-19-20-40-66(64)72(54-29-11-3-12-30-54)73(68(65)51-57)55-31-13-4-14-32-55/h1-51H. The first kappa shape index (κ1) is 44.8. The van der Waals surface area contributed by atoms with E-state index in [9.17, 15) is 0 Å². The highest BCUT2D eigenvalue weighted by molar-refractivity contribution is 6.22. The van der Waals surface area contributed by atoms with Crippen LogP contribution in [0, 0.1) is 0 Å². The molecule has 356 valence electrons. The fourth-order valence-corrected chi connectivity index (χ4v) is 12.4. The van der Waals surface area contributed by atoms with Gasteiger partial charge in [-0.1, -0.05) is 267 Å². The Hall–Kier alpha value is -9.82. The Balaban J connectivity index is 1.04. The molecule has 0 heterocycles. The van der Waals surface area contributed by atoms with Crippen LogP contribution in [0.2, 0.25) is 0 Å². The van der Waals surface area contributed by atoms with Gasteiger partial charge < -0.3 is 4.90 Å². The van der Waals surface area contributed by atoms with Crippen LogP contribution in [0.3, 0.4) is 0 Å². The van der Waals surface area contributed by atoms with Gasteiger partial charge in [-0.3, -0.25) is 0 Å². The fraction of sp³-hybridized carbons (Fsp3) is 0.0133. The molecule has 0 amide bonds. The Morgan fingerprint density at radius 3 is 1.26 bits per heavy atom. The predicted octanol–water partition coefficient (Wildman–Crippen LogP) is 20.2. The smallest absolute Gasteiger partial charge is 0.0714 e. The maximum atomic E-state index is 2.53. The Morgan fingerprint density at radius 2 is 0.658 bits per heavy atom. The number of anilines is 3. The van der Waals surface area contributed by atoms with Gasteiger partial charge in [0.05, 0.1) is 11.1 Å². The van der Waals surface area contributed by atoms with Crippen molar-refractivity contribution in [3.8, 4) is 66.8 Å². The summed E-state index contributed by atoms with van der Waals surface area (Å²) in [5.74, 6) is 0. The molecule has 0 N–H and O–H groups in total. The molecule has 0 atom stereocenters. The van der Waals surface area contributed by atoms with Crippen LogP contribution in [0.5, 0.6) is 0 Å². The minimum absolute atomic E-state index is 0.566. The predicted molar refractivity (Wildman–Crippen MR) is 321 cm³/mol. The fourth-order valence-electron chi connectivity index (χ4n) is 12.4. The molecule has 0 saturated heterocycles. The van der Waals surface area contributed by atoms with Crippen molar-refractivity contribution in [1.82, 2.24) is 0 Å². The van der Waals surface area contributed by atoms with E-state index >= 15 is 0 Å². The summed E-state index contributed by atoms with van der Waals surface area (Å²) in [5, 5.41) is 4.96. The zero-order valence-corrected chi connectivity index (χ0v) is 41.9. The summed E-state index contributed by atoms with van der Waals surface area (Å²) in [7, 11) is 0. The SMILES string of the molecule is c1ccc(-c2cc(-c3ccccc3)cc(N(c3cccc(-c4ccc5c(c4)c(-c4ccccc4)c(-c4ccccc4)c4ccccc45)c3)c3cccc4c3-c3ccccc3C4(c3ccccc3)c3ccccc3)c2)cc1. The van der Waals surface area contributed by atoms with Gasteiger partial charge in [0.25, 0.3) is 0 Å². The summed E-state index contributed by atoms with van der Waals surface area (Å²) < 4.78 is 0. The van der Waals surface area contributed by atoms with Crippen LogP contribution in [0.25, 0.3) is 88.3 Å². The van der Waals surface area contributed by atoms with Crippen LogP contribution in [0.15, 0.2) is 309 Å². The number of hydrogen-bond donors (Lipinski definition) is 0. The molecule has 0 spiro atoms. The summed E-state index contributed by atoms with van der Waals surface area (Å²) >= 11 is 0. The van der Waals surface area contributed by atoms with Crippen molar-refractivity contribution < 1.29 is 0 Å². The third-order valence-electron chi connectivity index (χ3n) is 15.7. The minimum atomic E-state index is -0.566. The van der Waals surface area contributed by atoms with E-state index < -0.39 is 5.41 Å². The second-order valence-corrected chi connectivity index (χ2v) is 19.9. The molecule has 0 saturated carbocycles. The number of rotatable bonds is 10. The first-order chi connectivity index (χ1) is 37.7. The van der Waals surface area contributed by atoms with E-state index in [1.165, 1.54) is 88.3 Å². The van der Waals surface area contributed by atoms with Crippen molar-refractivity contribution >= 4 is 38.6 Å². The van der Waals surface area contributed by atoms with E-state index in [1.807, 2.05) is 0 Å². The molecule has 0 aromatic heterocycles. The molecule has 0 unspecified atom stereocenters. The number of benzene rings is 13. The Bertz CT molecular complexity index is 4150. The van der Waals surface area contributed by atoms with Crippen LogP contribution in [0.4, 0.5) is 17.1 Å². The highest BCUT2D eigenvalue weighted by Gasteiger charge is 2.47. The monoisotopic (exact) mass is 965 g/mol. The van der Waals surface area contributed by atoms with Gasteiger partial charge in [-0.05, 0) is 147 Å². The van der Waals surface area contributed by atoms with E-state index in [0.717, 1.165) is 39.3 Å². The molecule has 0 bridgehead atoms. The van der Waals surface area contributed by atoms with Crippen LogP contribution < -0.4 is 4.90 Å². The van der Waals surface area contributed by atoms with Gasteiger partial charge >= 0.3 is 0 Å². The number of hydrogen-bond acceptors (Lipinski definition) is 1. The molecule has 1 aliphatic carbocycles. The molecular formula is C75H51N. The summed E-state index contributed by atoms with van der Waals surface area (Å²) in [6.07, 6.45) is 0. The van der Waals surface area contributed by atoms with E-state index in [2.05, 4.69) is 314 Å². The van der Waals surface area contributed by atoms with Crippen LogP contribution >= 0.6 is 0 Å². The van der Waals surface area contributed by atoms with Gasteiger partial charge in [0.1, 0.15) is 0 Å². The van der Waals surface area contributed by atoms with Crippen LogP contribution in [0.1, 0.15) is 22.3 Å². The highest BCUT2D eigenvalue weighted by Crippen LogP contribution is 2.60. The molecule has 1 aliphatic rings. The summed E-state index contributed by atoms with van der Waals surface area (Å²) in [4.78, 5) is 2.53. The first-order valence-corrected chi connectivity index (χ1v) is 26.3. The van der Waals surface area contributed by atoms with Crippen molar-refractivity contribution in [2.45, 2.75) is 5.41 Å². The zero-order chi connectivity index (χ0) is 50.4. The van der Waals surface area contributed by atoms with Crippen molar-refractivity contribution in [1.29, 1.82) is 0 Å². The average Bonchev–Trinajstić information content (AvgIpc) is 4.02. The maximum absolute atomic E-state index is 2.53. The molecule has 0 fully saturated rings. The molecule has 1 heteroatoms. The Kier molecular flexibility index (Phi) is 11.2. The second kappa shape index (κ2) is 18.9. The van der Waals surface area contributed by atoms with Gasteiger partial charge in [-0.25, -0.2) is 0 Å².